The van der Waals surface area contributed by atoms with Gasteiger partial charge in [-0.3, -0.25) is 4.31 Å². The molecule has 160 valence electrons. The number of ether oxygens (including phenoxy) is 2. The lowest BCUT2D eigenvalue weighted by Crippen LogP contribution is -2.31. The number of carbonyl (C=O) groups is 2. The summed E-state index contributed by atoms with van der Waals surface area (Å²) in [6, 6.07) is 7.32. The van der Waals surface area contributed by atoms with Gasteiger partial charge in [0.05, 0.1) is 35.9 Å². The zero-order chi connectivity index (χ0) is 22.3. The van der Waals surface area contributed by atoms with Crippen molar-refractivity contribution in [3.05, 3.63) is 53.1 Å². The van der Waals surface area contributed by atoms with Crippen molar-refractivity contribution in [2.45, 2.75) is 16.2 Å². The van der Waals surface area contributed by atoms with Crippen molar-refractivity contribution in [1.82, 2.24) is 0 Å². The van der Waals surface area contributed by atoms with Crippen LogP contribution in [-0.4, -0.2) is 49.5 Å². The predicted molar refractivity (Wildman–Crippen MR) is 105 cm³/mol. The molecule has 3 rings (SSSR count). The number of anilines is 1. The highest BCUT2D eigenvalue weighted by molar-refractivity contribution is 7.93. The zero-order valence-corrected chi connectivity index (χ0v) is 17.6. The first kappa shape index (κ1) is 21.7. The molecular formula is C18H18N2O8S2. The average Bonchev–Trinajstić information content (AvgIpc) is 3.15. The highest BCUT2D eigenvalue weighted by Crippen LogP contribution is 2.35. The molecular weight excluding hydrogens is 436 g/mol. The number of hydrogen-bond acceptors (Lipinski definition) is 8. The zero-order valence-electron chi connectivity index (χ0n) is 16.0. The number of methoxy groups -OCH3 is 2. The molecule has 12 heteroatoms. The molecule has 0 saturated heterocycles. The lowest BCUT2D eigenvalue weighted by atomic mass is 10.1. The molecule has 1 aliphatic heterocycles. The predicted octanol–water partition coefficient (Wildman–Crippen LogP) is 0.659. The molecule has 0 saturated carbocycles. The number of nitrogens with zero attached hydrogens (tertiary/aromatic N) is 1. The summed E-state index contributed by atoms with van der Waals surface area (Å²) in [7, 11) is -6.01. The smallest absolute Gasteiger partial charge is 0.339 e. The Morgan fingerprint density at radius 1 is 0.967 bits per heavy atom. The summed E-state index contributed by atoms with van der Waals surface area (Å²) in [6.07, 6.45) is 0.238. The monoisotopic (exact) mass is 454 g/mol. The van der Waals surface area contributed by atoms with Crippen molar-refractivity contribution in [3.8, 4) is 0 Å². The van der Waals surface area contributed by atoms with Crippen LogP contribution >= 0.6 is 0 Å². The summed E-state index contributed by atoms with van der Waals surface area (Å²) >= 11 is 0. The van der Waals surface area contributed by atoms with Crippen LogP contribution in [-0.2, 0) is 35.9 Å². The molecule has 10 nitrogen and oxygen atoms in total. The minimum absolute atomic E-state index is 0.00873. The number of benzene rings is 2. The summed E-state index contributed by atoms with van der Waals surface area (Å²) in [5.41, 5.74) is 0.406. The number of primary sulfonamides is 1. The van der Waals surface area contributed by atoms with Crippen LogP contribution in [0.25, 0.3) is 0 Å². The first-order chi connectivity index (χ1) is 14.0. The molecule has 1 aliphatic rings. The van der Waals surface area contributed by atoms with Gasteiger partial charge < -0.3 is 9.47 Å². The maximum Gasteiger partial charge on any atom is 0.339 e. The molecule has 0 radical (unpaired) electrons. The summed E-state index contributed by atoms with van der Waals surface area (Å²) in [4.78, 5) is 23.5. The van der Waals surface area contributed by atoms with Crippen molar-refractivity contribution >= 4 is 37.7 Å². The molecule has 0 unspecified atom stereocenters. The standard InChI is InChI=1S/C18H18N2O8S2/c1-27-17(21)12-3-5-14(18(22)28-2)16(10-12)30(25,26)20-8-7-11-9-13(29(19,23)24)4-6-15(11)20/h3-6,9-10H,7-8H2,1-2H3,(H2,19,23,24). The Morgan fingerprint density at radius 3 is 2.23 bits per heavy atom. The number of fused-ring (bicyclic) bond motifs is 1. The number of rotatable bonds is 5. The maximum atomic E-state index is 13.4. The molecule has 0 aliphatic carbocycles. The van der Waals surface area contributed by atoms with Crippen molar-refractivity contribution < 1.29 is 35.9 Å². The normalized spacial score (nSPS) is 13.6. The largest absolute Gasteiger partial charge is 0.465 e. The van der Waals surface area contributed by atoms with Crippen molar-refractivity contribution in [2.24, 2.45) is 5.14 Å². The second kappa shape index (κ2) is 7.70. The summed E-state index contributed by atoms with van der Waals surface area (Å²) in [6.45, 7) is 0.00873. The van der Waals surface area contributed by atoms with Gasteiger partial charge in [-0.05, 0) is 48.4 Å². The molecule has 0 bridgehead atoms. The van der Waals surface area contributed by atoms with E-state index in [0.717, 1.165) is 24.6 Å². The van der Waals surface area contributed by atoms with Crippen molar-refractivity contribution in [1.29, 1.82) is 0 Å². The van der Waals surface area contributed by atoms with Crippen LogP contribution in [0.4, 0.5) is 5.69 Å². The molecule has 2 aromatic rings. The fourth-order valence-electron chi connectivity index (χ4n) is 3.15. The van der Waals surface area contributed by atoms with E-state index in [0.29, 0.717) is 5.56 Å². The third-order valence-corrected chi connectivity index (χ3v) is 7.37. The number of carbonyl (C=O) groups excluding carboxylic acids is 2. The van der Waals surface area contributed by atoms with E-state index in [1.807, 2.05) is 0 Å². The summed E-state index contributed by atoms with van der Waals surface area (Å²) in [5, 5.41) is 5.13. The molecule has 2 aromatic carbocycles. The highest BCUT2D eigenvalue weighted by atomic mass is 32.2. The molecule has 0 atom stereocenters. The lowest BCUT2D eigenvalue weighted by Gasteiger charge is -2.21. The van der Waals surface area contributed by atoms with Gasteiger partial charge in [-0.2, -0.15) is 0 Å². The number of sulfonamides is 2. The van der Waals surface area contributed by atoms with Crippen LogP contribution in [0.5, 0.6) is 0 Å². The molecule has 0 aromatic heterocycles. The Labute approximate surface area is 173 Å². The van der Waals surface area contributed by atoms with Gasteiger partial charge in [-0.15, -0.1) is 0 Å². The Balaban J connectivity index is 2.15. The number of esters is 2. The third-order valence-electron chi connectivity index (χ3n) is 4.61. The second-order valence-electron chi connectivity index (χ2n) is 6.36. The van der Waals surface area contributed by atoms with E-state index in [4.69, 9.17) is 5.14 Å². The lowest BCUT2D eigenvalue weighted by molar-refractivity contribution is 0.0583. The quantitative estimate of drug-likeness (QED) is 0.647. The Morgan fingerprint density at radius 2 is 1.63 bits per heavy atom. The van der Waals surface area contributed by atoms with Gasteiger partial charge in [0.2, 0.25) is 10.0 Å². The molecule has 1 heterocycles. The summed E-state index contributed by atoms with van der Waals surface area (Å²) < 4.78 is 60.3. The van der Waals surface area contributed by atoms with Crippen LogP contribution in [0.1, 0.15) is 26.3 Å². The minimum atomic E-state index is -4.31. The van der Waals surface area contributed by atoms with Gasteiger partial charge in [-0.1, -0.05) is 0 Å². The minimum Gasteiger partial charge on any atom is -0.465 e. The summed E-state index contributed by atoms with van der Waals surface area (Å²) in [5.74, 6) is -1.67. The number of hydrogen-bond donors (Lipinski definition) is 1. The van der Waals surface area contributed by atoms with Gasteiger partial charge in [-0.25, -0.2) is 31.6 Å². The highest BCUT2D eigenvalue weighted by Gasteiger charge is 2.35. The fraction of sp³-hybridized carbons (Fsp3) is 0.222. The van der Waals surface area contributed by atoms with Crippen LogP contribution in [0.2, 0.25) is 0 Å². The Kier molecular flexibility index (Phi) is 5.58. The van der Waals surface area contributed by atoms with Gasteiger partial charge in [0.1, 0.15) is 4.90 Å². The van der Waals surface area contributed by atoms with E-state index in [2.05, 4.69) is 9.47 Å². The maximum absolute atomic E-state index is 13.4. The number of nitrogens with two attached hydrogens (primary N) is 1. The first-order valence-corrected chi connectivity index (χ1v) is 11.5. The van der Waals surface area contributed by atoms with Gasteiger partial charge in [0.25, 0.3) is 10.0 Å². The second-order valence-corrected chi connectivity index (χ2v) is 9.75. The fourth-order valence-corrected chi connectivity index (χ4v) is 5.43. The van der Waals surface area contributed by atoms with E-state index in [1.165, 1.54) is 30.3 Å². The Bertz CT molecular complexity index is 1250. The van der Waals surface area contributed by atoms with Crippen LogP contribution in [0.15, 0.2) is 46.2 Å². The van der Waals surface area contributed by atoms with Gasteiger partial charge >= 0.3 is 11.9 Å². The van der Waals surface area contributed by atoms with E-state index in [-0.39, 0.29) is 34.7 Å². The molecule has 2 N–H and O–H groups in total. The van der Waals surface area contributed by atoms with Crippen molar-refractivity contribution in [3.63, 3.8) is 0 Å². The van der Waals surface area contributed by atoms with Crippen molar-refractivity contribution in [2.75, 3.05) is 25.1 Å². The first-order valence-electron chi connectivity index (χ1n) is 8.50. The molecule has 0 fully saturated rings. The van der Waals surface area contributed by atoms with E-state index in [1.54, 1.807) is 0 Å². The van der Waals surface area contributed by atoms with E-state index < -0.39 is 36.9 Å². The molecule has 30 heavy (non-hydrogen) atoms. The topological polar surface area (TPSA) is 150 Å². The van der Waals surface area contributed by atoms with Crippen LogP contribution in [0, 0.1) is 0 Å². The van der Waals surface area contributed by atoms with Crippen LogP contribution in [0.3, 0.4) is 0 Å². The SMILES string of the molecule is COC(=O)c1ccc(C(=O)OC)c(S(=O)(=O)N2CCc3cc(S(N)(=O)=O)ccc32)c1. The van der Waals surface area contributed by atoms with Crippen LogP contribution < -0.4 is 9.44 Å². The van der Waals surface area contributed by atoms with Gasteiger partial charge in [0.15, 0.2) is 0 Å². The molecule has 0 amide bonds. The third kappa shape index (κ3) is 3.76. The van der Waals surface area contributed by atoms with E-state index in [9.17, 15) is 26.4 Å². The van der Waals surface area contributed by atoms with E-state index >= 15 is 0 Å². The molecule has 0 spiro atoms. The average molecular weight is 454 g/mol. The van der Waals surface area contributed by atoms with Gasteiger partial charge in [0, 0.05) is 6.54 Å². The Hall–Kier alpha value is -2.96.